The molecule has 0 spiro atoms. The fourth-order valence-corrected chi connectivity index (χ4v) is 3.28. The molecule has 0 saturated carbocycles. The first-order chi connectivity index (χ1) is 14.1. The molecule has 3 rings (SSSR count). The van der Waals surface area contributed by atoms with Gasteiger partial charge in [-0.05, 0) is 29.8 Å². The first kappa shape index (κ1) is 21.4. The van der Waals surface area contributed by atoms with Crippen LogP contribution in [0.1, 0.15) is 40.0 Å². The minimum absolute atomic E-state index is 0.0641. The lowest BCUT2D eigenvalue weighted by Crippen LogP contribution is -2.51. The van der Waals surface area contributed by atoms with Crippen molar-refractivity contribution in [3.63, 3.8) is 0 Å². The number of alkyl halides is 3. The minimum atomic E-state index is -3.82. The van der Waals surface area contributed by atoms with Gasteiger partial charge in [0.2, 0.25) is 0 Å². The number of nitrogens with zero attached hydrogens (tertiary/aromatic N) is 3. The van der Waals surface area contributed by atoms with Crippen LogP contribution in [0.5, 0.6) is 0 Å². The van der Waals surface area contributed by atoms with E-state index in [2.05, 4.69) is 9.98 Å². The van der Waals surface area contributed by atoms with Crippen molar-refractivity contribution in [1.29, 1.82) is 5.26 Å². The molecule has 156 valence electrons. The van der Waals surface area contributed by atoms with Crippen LogP contribution in [0, 0.1) is 23.0 Å². The summed E-state index contributed by atoms with van der Waals surface area (Å²) in [6.45, 7) is -1.81. The molecule has 1 aromatic heterocycles. The fourth-order valence-electron chi connectivity index (χ4n) is 3.28. The number of benzene rings is 1. The number of aliphatic imine (C=N–C) groups is 1. The highest BCUT2D eigenvalue weighted by atomic mass is 19.3. The van der Waals surface area contributed by atoms with Crippen LogP contribution in [-0.2, 0) is 12.0 Å². The molecule has 1 atom stereocenters. The van der Waals surface area contributed by atoms with Crippen molar-refractivity contribution in [3.8, 4) is 6.07 Å². The molecule has 1 aliphatic heterocycles. The summed E-state index contributed by atoms with van der Waals surface area (Å²) in [4.78, 5) is 19.7. The number of pyridine rings is 1. The lowest BCUT2D eigenvalue weighted by atomic mass is 9.79. The molecule has 0 radical (unpaired) electrons. The standard InChI is InChI=1S/C20H15F5N4O/c21-10-19(20(24,25)4-3-17(27)29-19)13-5-12(6-14(22)18(13)23)7-16(30)15-2-1-11(8-26)9-28-15/h1-2,5-6,9H,3-4,7,10H2,(H2,27,29)/t19-/m1/s1. The molecule has 2 heterocycles. The summed E-state index contributed by atoms with van der Waals surface area (Å²) in [7, 11) is 0. The summed E-state index contributed by atoms with van der Waals surface area (Å²) in [6.07, 6.45) is -0.564. The van der Waals surface area contributed by atoms with E-state index in [1.165, 1.54) is 12.1 Å². The average molecular weight is 422 g/mol. The average Bonchev–Trinajstić information content (AvgIpc) is 2.72. The summed E-state index contributed by atoms with van der Waals surface area (Å²) in [6, 6.07) is 5.91. The Kier molecular flexibility index (Phi) is 5.57. The molecule has 5 nitrogen and oxygen atoms in total. The number of hydrogen-bond acceptors (Lipinski definition) is 5. The second-order valence-corrected chi connectivity index (χ2v) is 6.88. The summed E-state index contributed by atoms with van der Waals surface area (Å²) < 4.78 is 71.9. The van der Waals surface area contributed by atoms with Crippen LogP contribution in [0.15, 0.2) is 35.5 Å². The Hall–Kier alpha value is -3.35. The van der Waals surface area contributed by atoms with Gasteiger partial charge in [-0.15, -0.1) is 0 Å². The number of ketones is 1. The Balaban J connectivity index is 2.05. The number of nitriles is 1. The fraction of sp³-hybridized carbons (Fsp3) is 0.300. The van der Waals surface area contributed by atoms with E-state index in [9.17, 15) is 26.7 Å². The third-order valence-corrected chi connectivity index (χ3v) is 4.90. The molecule has 10 heteroatoms. The Morgan fingerprint density at radius 2 is 2.00 bits per heavy atom. The summed E-state index contributed by atoms with van der Waals surface area (Å²) >= 11 is 0. The maximum atomic E-state index is 14.6. The van der Waals surface area contributed by atoms with Gasteiger partial charge >= 0.3 is 0 Å². The predicted octanol–water partition coefficient (Wildman–Crippen LogP) is 3.61. The number of nitrogens with two attached hydrogens (primary N) is 1. The van der Waals surface area contributed by atoms with E-state index in [1.807, 2.05) is 6.07 Å². The van der Waals surface area contributed by atoms with Gasteiger partial charge in [0.05, 0.1) is 11.4 Å². The molecule has 0 unspecified atom stereocenters. The lowest BCUT2D eigenvalue weighted by molar-refractivity contribution is -0.0961. The molecule has 0 amide bonds. The number of Topliss-reactive ketones (excluding diaryl/α,β-unsaturated/α-hetero) is 1. The molecule has 1 aromatic carbocycles. The molecule has 0 bridgehead atoms. The third-order valence-electron chi connectivity index (χ3n) is 4.90. The van der Waals surface area contributed by atoms with Crippen molar-refractivity contribution in [1.82, 2.24) is 4.98 Å². The smallest absolute Gasteiger partial charge is 0.280 e. The second kappa shape index (κ2) is 7.82. The van der Waals surface area contributed by atoms with Gasteiger partial charge in [-0.2, -0.15) is 5.26 Å². The van der Waals surface area contributed by atoms with E-state index >= 15 is 0 Å². The third kappa shape index (κ3) is 3.63. The van der Waals surface area contributed by atoms with Crippen molar-refractivity contribution in [3.05, 3.63) is 64.5 Å². The van der Waals surface area contributed by atoms with Crippen molar-refractivity contribution in [2.75, 3.05) is 6.67 Å². The Morgan fingerprint density at radius 1 is 1.27 bits per heavy atom. The molecule has 2 aromatic rings. The number of hydrogen-bond donors (Lipinski definition) is 1. The normalized spacial score (nSPS) is 20.3. The number of aromatic nitrogens is 1. The van der Waals surface area contributed by atoms with E-state index in [4.69, 9.17) is 11.0 Å². The van der Waals surface area contributed by atoms with E-state index < -0.39 is 54.0 Å². The van der Waals surface area contributed by atoms with E-state index in [1.54, 1.807) is 0 Å². The van der Waals surface area contributed by atoms with Gasteiger partial charge in [0, 0.05) is 31.0 Å². The van der Waals surface area contributed by atoms with Crippen molar-refractivity contribution in [2.45, 2.75) is 30.7 Å². The van der Waals surface area contributed by atoms with Gasteiger partial charge in [-0.1, -0.05) is 0 Å². The van der Waals surface area contributed by atoms with Crippen LogP contribution >= 0.6 is 0 Å². The van der Waals surface area contributed by atoms with Gasteiger partial charge in [-0.3, -0.25) is 14.8 Å². The van der Waals surface area contributed by atoms with Crippen molar-refractivity contribution < 1.29 is 26.7 Å². The Labute approximate surface area is 168 Å². The zero-order valence-electron chi connectivity index (χ0n) is 15.4. The Morgan fingerprint density at radius 3 is 2.60 bits per heavy atom. The van der Waals surface area contributed by atoms with Gasteiger partial charge < -0.3 is 5.73 Å². The van der Waals surface area contributed by atoms with Crippen LogP contribution in [0.3, 0.4) is 0 Å². The molecule has 0 fully saturated rings. The summed E-state index contributed by atoms with van der Waals surface area (Å²) in [5.41, 5.74) is 1.45. The highest BCUT2D eigenvalue weighted by Gasteiger charge is 2.58. The zero-order chi connectivity index (χ0) is 22.1. The van der Waals surface area contributed by atoms with Crippen LogP contribution in [0.4, 0.5) is 22.0 Å². The van der Waals surface area contributed by atoms with E-state index in [0.717, 1.165) is 12.3 Å². The zero-order valence-corrected chi connectivity index (χ0v) is 15.4. The molecule has 0 saturated heterocycles. The highest BCUT2D eigenvalue weighted by molar-refractivity contribution is 5.95. The molecule has 0 aliphatic carbocycles. The van der Waals surface area contributed by atoms with Crippen molar-refractivity contribution >= 4 is 11.6 Å². The lowest BCUT2D eigenvalue weighted by Gasteiger charge is -2.39. The monoisotopic (exact) mass is 422 g/mol. The van der Waals surface area contributed by atoms with Crippen molar-refractivity contribution in [2.24, 2.45) is 10.7 Å². The van der Waals surface area contributed by atoms with Gasteiger partial charge in [0.15, 0.2) is 23.0 Å². The largest absolute Gasteiger partial charge is 0.387 e. The van der Waals surface area contributed by atoms with Crippen LogP contribution < -0.4 is 5.73 Å². The molecule has 1 aliphatic rings. The number of rotatable bonds is 5. The van der Waals surface area contributed by atoms with Gasteiger partial charge in [0.1, 0.15) is 18.4 Å². The highest BCUT2D eigenvalue weighted by Crippen LogP contribution is 2.48. The van der Waals surface area contributed by atoms with Crippen LogP contribution in [0.25, 0.3) is 0 Å². The first-order valence-corrected chi connectivity index (χ1v) is 8.79. The van der Waals surface area contributed by atoms with Gasteiger partial charge in [0.25, 0.3) is 5.92 Å². The van der Waals surface area contributed by atoms with E-state index in [0.29, 0.717) is 6.07 Å². The molecular weight excluding hydrogens is 407 g/mol. The number of amidine groups is 1. The van der Waals surface area contributed by atoms with Gasteiger partial charge in [-0.25, -0.2) is 22.0 Å². The number of carbonyl (C=O) groups is 1. The topological polar surface area (TPSA) is 92.1 Å². The molecule has 2 N–H and O–H groups in total. The quantitative estimate of drug-likeness (QED) is 0.589. The van der Waals surface area contributed by atoms with Crippen LogP contribution in [-0.4, -0.2) is 29.2 Å². The maximum Gasteiger partial charge on any atom is 0.280 e. The maximum absolute atomic E-state index is 14.6. The Bertz CT molecular complexity index is 1060. The molecule has 30 heavy (non-hydrogen) atoms. The second-order valence-electron chi connectivity index (χ2n) is 6.88. The SMILES string of the molecule is N#Cc1ccc(C(=O)Cc2cc(F)c(F)c([C@@]3(CF)N=C(N)CCC3(F)F)c2)nc1. The summed E-state index contributed by atoms with van der Waals surface area (Å²) in [5, 5.41) is 8.76. The summed E-state index contributed by atoms with van der Waals surface area (Å²) in [5.74, 6) is -7.97. The predicted molar refractivity (Wildman–Crippen MR) is 96.8 cm³/mol. The molecular formula is C20H15F5N4O. The van der Waals surface area contributed by atoms with Crippen LogP contribution in [0.2, 0.25) is 0 Å². The number of carbonyl (C=O) groups excluding carboxylic acids is 1. The minimum Gasteiger partial charge on any atom is -0.387 e. The number of halogens is 5. The van der Waals surface area contributed by atoms with E-state index in [-0.39, 0.29) is 29.1 Å². The first-order valence-electron chi connectivity index (χ1n) is 8.79.